The van der Waals surface area contributed by atoms with Gasteiger partial charge in [0.05, 0.1) is 12.4 Å². The van der Waals surface area contributed by atoms with Crippen molar-refractivity contribution in [1.29, 1.82) is 0 Å². The predicted octanol–water partition coefficient (Wildman–Crippen LogP) is 0.435. The molecule has 9 heteroatoms. The quantitative estimate of drug-likeness (QED) is 0.856. The highest BCUT2D eigenvalue weighted by Crippen LogP contribution is 2.24. The third-order valence-electron chi connectivity index (χ3n) is 3.13. The minimum absolute atomic E-state index is 0.163. The molecule has 2 N–H and O–H groups in total. The first-order valence-corrected chi connectivity index (χ1v) is 8.11. The van der Waals surface area contributed by atoms with Crippen molar-refractivity contribution in [3.63, 3.8) is 0 Å². The lowest BCUT2D eigenvalue weighted by atomic mass is 9.98. The number of rotatable bonds is 5. The van der Waals surface area contributed by atoms with E-state index in [2.05, 4.69) is 15.2 Å². The summed E-state index contributed by atoms with van der Waals surface area (Å²) in [5.74, 6) is 0.247. The number of nitrogens with two attached hydrogens (primary N) is 1. The topological polar surface area (TPSA) is 112 Å². The van der Waals surface area contributed by atoms with E-state index in [1.807, 2.05) is 13.8 Å². The predicted molar refractivity (Wildman–Crippen MR) is 77.5 cm³/mol. The molecular weight excluding hydrogens is 294 g/mol. The molecule has 0 fully saturated rings. The Labute approximate surface area is 123 Å². The van der Waals surface area contributed by atoms with Gasteiger partial charge in [-0.2, -0.15) is 0 Å². The van der Waals surface area contributed by atoms with E-state index in [0.29, 0.717) is 11.5 Å². The van der Waals surface area contributed by atoms with Crippen LogP contribution in [0, 0.1) is 19.3 Å². The van der Waals surface area contributed by atoms with Crippen molar-refractivity contribution in [2.24, 2.45) is 10.6 Å². The van der Waals surface area contributed by atoms with Crippen LogP contribution in [0.1, 0.15) is 25.0 Å². The Bertz CT molecular complexity index is 767. The number of primary sulfonamides is 1. The Morgan fingerprint density at radius 1 is 1.33 bits per heavy atom. The molecule has 2 aromatic rings. The van der Waals surface area contributed by atoms with Gasteiger partial charge in [-0.05, 0) is 13.8 Å². The number of aromatic nitrogens is 4. The van der Waals surface area contributed by atoms with Gasteiger partial charge in [-0.25, -0.2) is 18.5 Å². The van der Waals surface area contributed by atoms with Crippen molar-refractivity contribution in [1.82, 2.24) is 19.8 Å². The molecule has 0 saturated heterocycles. The van der Waals surface area contributed by atoms with Gasteiger partial charge in [0, 0.05) is 16.5 Å². The summed E-state index contributed by atoms with van der Waals surface area (Å²) in [4.78, 5) is 4.12. The van der Waals surface area contributed by atoms with E-state index in [1.54, 1.807) is 13.8 Å². The van der Waals surface area contributed by atoms with E-state index in [4.69, 9.17) is 9.88 Å². The second-order valence-electron chi connectivity index (χ2n) is 5.89. The molecule has 0 aliphatic rings. The maximum atomic E-state index is 11.2. The lowest BCUT2D eigenvalue weighted by molar-refractivity contribution is 0.189. The molecule has 21 heavy (non-hydrogen) atoms. The molecule has 2 aromatic heterocycles. The van der Waals surface area contributed by atoms with Crippen LogP contribution in [0.5, 0.6) is 5.88 Å². The summed E-state index contributed by atoms with van der Waals surface area (Å²) in [5.41, 5.74) is 1.82. The zero-order chi connectivity index (χ0) is 15.8. The first-order chi connectivity index (χ1) is 9.59. The van der Waals surface area contributed by atoms with Gasteiger partial charge < -0.3 is 4.74 Å². The van der Waals surface area contributed by atoms with Gasteiger partial charge >= 0.3 is 0 Å². The highest BCUT2D eigenvalue weighted by molar-refractivity contribution is 7.89. The molecule has 0 amide bonds. The molecule has 0 atom stereocenters. The van der Waals surface area contributed by atoms with E-state index in [9.17, 15) is 8.42 Å². The summed E-state index contributed by atoms with van der Waals surface area (Å²) in [7, 11) is -3.56. The fourth-order valence-electron chi connectivity index (χ4n) is 2.03. The Morgan fingerprint density at radius 3 is 2.62 bits per heavy atom. The number of hydrogen-bond acceptors (Lipinski definition) is 6. The summed E-state index contributed by atoms with van der Waals surface area (Å²) < 4.78 is 29.5. The summed E-state index contributed by atoms with van der Waals surface area (Å²) in [5, 5.41) is 13.3. The maximum Gasteiger partial charge on any atom is 0.236 e. The average Bonchev–Trinajstić information content (AvgIpc) is 2.77. The van der Waals surface area contributed by atoms with Crippen LogP contribution < -0.4 is 9.88 Å². The van der Waals surface area contributed by atoms with Crippen LogP contribution in [0.2, 0.25) is 0 Å². The van der Waals surface area contributed by atoms with Gasteiger partial charge in [-0.1, -0.05) is 13.8 Å². The van der Waals surface area contributed by atoms with Crippen LogP contribution in [0.25, 0.3) is 5.65 Å². The maximum absolute atomic E-state index is 11.2. The highest BCUT2D eigenvalue weighted by atomic mass is 32.2. The number of aryl methyl sites for hydroxylation is 1. The number of fused-ring (bicyclic) bond motifs is 1. The minimum atomic E-state index is -3.56. The number of hydrogen-bond donors (Lipinski definition) is 1. The van der Waals surface area contributed by atoms with Crippen molar-refractivity contribution >= 4 is 15.7 Å². The molecule has 0 spiro atoms. The molecule has 2 heterocycles. The van der Waals surface area contributed by atoms with Crippen molar-refractivity contribution in [2.75, 3.05) is 12.4 Å². The Morgan fingerprint density at radius 2 is 2.00 bits per heavy atom. The van der Waals surface area contributed by atoms with E-state index < -0.39 is 15.4 Å². The normalized spacial score (nSPS) is 12.8. The molecule has 8 nitrogen and oxygen atoms in total. The Balaban J connectivity index is 2.22. The van der Waals surface area contributed by atoms with Crippen LogP contribution in [-0.4, -0.2) is 40.6 Å². The van der Waals surface area contributed by atoms with Gasteiger partial charge in [0.1, 0.15) is 6.33 Å². The van der Waals surface area contributed by atoms with E-state index in [1.165, 1.54) is 11.0 Å². The molecular formula is C12H19N5O3S. The first kappa shape index (κ1) is 15.6. The van der Waals surface area contributed by atoms with Gasteiger partial charge in [0.2, 0.25) is 15.9 Å². The van der Waals surface area contributed by atoms with Crippen molar-refractivity contribution < 1.29 is 13.2 Å². The zero-order valence-electron chi connectivity index (χ0n) is 12.5. The van der Waals surface area contributed by atoms with Crippen LogP contribution >= 0.6 is 0 Å². The highest BCUT2D eigenvalue weighted by Gasteiger charge is 2.26. The van der Waals surface area contributed by atoms with E-state index in [0.717, 1.165) is 11.1 Å². The average molecular weight is 313 g/mol. The van der Waals surface area contributed by atoms with Crippen LogP contribution in [0.15, 0.2) is 6.33 Å². The molecule has 0 radical (unpaired) electrons. The minimum Gasteiger partial charge on any atom is -0.476 e. The fourth-order valence-corrected chi connectivity index (χ4v) is 3.20. The second-order valence-corrected chi connectivity index (χ2v) is 7.50. The van der Waals surface area contributed by atoms with Crippen LogP contribution in [0.3, 0.4) is 0 Å². The second kappa shape index (κ2) is 5.23. The zero-order valence-corrected chi connectivity index (χ0v) is 13.3. The molecule has 0 aliphatic carbocycles. The molecule has 0 saturated carbocycles. The lowest BCUT2D eigenvalue weighted by Crippen LogP contribution is -2.34. The van der Waals surface area contributed by atoms with Crippen LogP contribution in [0.4, 0.5) is 0 Å². The van der Waals surface area contributed by atoms with Gasteiger partial charge in [0.15, 0.2) is 5.65 Å². The Kier molecular flexibility index (Phi) is 3.89. The lowest BCUT2D eigenvalue weighted by Gasteiger charge is -2.23. The monoisotopic (exact) mass is 313 g/mol. The number of ether oxygens (including phenoxy) is 1. The Hall–Kier alpha value is -1.74. The third-order valence-corrected chi connectivity index (χ3v) is 4.31. The molecule has 0 bridgehead atoms. The third kappa shape index (κ3) is 3.67. The van der Waals surface area contributed by atoms with Crippen molar-refractivity contribution in [3.8, 4) is 5.88 Å². The molecule has 0 unspecified atom stereocenters. The molecule has 0 aromatic carbocycles. The van der Waals surface area contributed by atoms with Crippen molar-refractivity contribution in [2.45, 2.75) is 27.7 Å². The van der Waals surface area contributed by atoms with Gasteiger partial charge in [-0.15, -0.1) is 14.8 Å². The van der Waals surface area contributed by atoms with Crippen molar-refractivity contribution in [3.05, 3.63) is 17.5 Å². The first-order valence-electron chi connectivity index (χ1n) is 6.39. The summed E-state index contributed by atoms with van der Waals surface area (Å²) in [6, 6.07) is 0. The van der Waals surface area contributed by atoms with Gasteiger partial charge in [0.25, 0.3) is 0 Å². The summed E-state index contributed by atoms with van der Waals surface area (Å²) in [6.45, 7) is 7.50. The van der Waals surface area contributed by atoms with Gasteiger partial charge in [-0.3, -0.25) is 0 Å². The molecule has 2 rings (SSSR count). The number of sulfonamides is 1. The summed E-state index contributed by atoms with van der Waals surface area (Å²) in [6.07, 6.45) is 1.42. The fraction of sp³-hybridized carbons (Fsp3) is 0.583. The summed E-state index contributed by atoms with van der Waals surface area (Å²) >= 11 is 0. The smallest absolute Gasteiger partial charge is 0.236 e. The SMILES string of the molecule is Cc1c(OCC(C)(C)CS(N)(=O)=O)nn2ncnc2c1C. The van der Waals surface area contributed by atoms with Crippen LogP contribution in [-0.2, 0) is 10.0 Å². The van der Waals surface area contributed by atoms with E-state index >= 15 is 0 Å². The van der Waals surface area contributed by atoms with E-state index in [-0.39, 0.29) is 12.4 Å². The number of nitrogens with zero attached hydrogens (tertiary/aromatic N) is 4. The largest absolute Gasteiger partial charge is 0.476 e. The molecule has 0 aliphatic heterocycles. The standard InChI is InChI=1S/C12H19N5O3S/c1-8-9(2)11(16-17-10(8)14-7-15-17)20-5-12(3,4)6-21(13,18)19/h7H,5-6H2,1-4H3,(H2,13,18,19). The molecule has 116 valence electrons.